The second kappa shape index (κ2) is 39.0. The maximum atomic E-state index is 13.4. The monoisotopic (exact) mass is 1810 g/mol. The zero-order valence-corrected chi connectivity index (χ0v) is 75.0. The highest BCUT2D eigenvalue weighted by atomic mass is 79.9. The van der Waals surface area contributed by atoms with Gasteiger partial charge in [0.15, 0.2) is 63.8 Å². The number of nitrogens with one attached hydrogen (secondary N) is 4. The number of esters is 1. The number of para-hydroxylation sites is 8. The second-order valence-corrected chi connectivity index (χ2v) is 35.9. The Hall–Kier alpha value is -14.1. The summed E-state index contributed by atoms with van der Waals surface area (Å²) in [5, 5.41) is 3.29. The molecule has 0 bridgehead atoms. The fourth-order valence-corrected chi connectivity index (χ4v) is 14.1. The third kappa shape index (κ3) is 23.5. The van der Waals surface area contributed by atoms with E-state index in [4.69, 9.17) is 46.9 Å². The van der Waals surface area contributed by atoms with Gasteiger partial charge in [-0.1, -0.05) is 66.8 Å². The van der Waals surface area contributed by atoms with Crippen LogP contribution in [0, 0.1) is 0 Å². The number of rotatable bonds is 11. The highest BCUT2D eigenvalue weighted by molar-refractivity contribution is 9.10. The summed E-state index contributed by atoms with van der Waals surface area (Å²) in [4.78, 5) is 136. The molecule has 0 unspecified atom stereocenters. The summed E-state index contributed by atoms with van der Waals surface area (Å²) in [6.07, 6.45) is 14.2. The Bertz CT molecular complexity index is 6350. The lowest BCUT2D eigenvalue weighted by molar-refractivity contribution is 0.0268. The Balaban J connectivity index is 0.000000150. The van der Waals surface area contributed by atoms with E-state index in [1.54, 1.807) is 117 Å². The van der Waals surface area contributed by atoms with E-state index in [-0.39, 0.29) is 45.3 Å². The second-order valence-electron chi connectivity index (χ2n) is 32.8. The van der Waals surface area contributed by atoms with Crippen molar-refractivity contribution in [1.29, 1.82) is 0 Å². The van der Waals surface area contributed by atoms with Crippen molar-refractivity contribution in [3.8, 4) is 46.1 Å². The summed E-state index contributed by atoms with van der Waals surface area (Å²) in [5.41, 5.74) is 33.6. The Kier molecular flexibility index (Phi) is 28.2. The van der Waals surface area contributed by atoms with Gasteiger partial charge in [-0.2, -0.15) is 9.21 Å². The number of anilines is 5. The van der Waals surface area contributed by atoms with Crippen molar-refractivity contribution in [2.75, 3.05) is 80.0 Å². The Labute approximate surface area is 739 Å². The molecule has 3 aliphatic rings. The van der Waals surface area contributed by atoms with E-state index in [2.05, 4.69) is 112 Å². The van der Waals surface area contributed by atoms with Gasteiger partial charge in [0.25, 0.3) is 0 Å². The minimum atomic E-state index is -3.18. The molecule has 0 spiro atoms. The van der Waals surface area contributed by atoms with Crippen molar-refractivity contribution in [2.24, 2.45) is 0 Å². The molecule has 3 amide bonds. The summed E-state index contributed by atoms with van der Waals surface area (Å²) in [5.74, 6) is 2.19. The number of halogens is 1. The number of amides is 3. The molecular formula is C87H99BrN26O12S. The molecule has 12 N–H and O–H groups in total. The molecule has 127 heavy (non-hydrogen) atoms. The molecule has 0 aliphatic carbocycles. The predicted molar refractivity (Wildman–Crippen MR) is 487 cm³/mol. The molecule has 0 saturated heterocycles. The van der Waals surface area contributed by atoms with Crippen molar-refractivity contribution in [3.05, 3.63) is 180 Å². The van der Waals surface area contributed by atoms with Crippen LogP contribution in [0.1, 0.15) is 137 Å². The summed E-state index contributed by atoms with van der Waals surface area (Å²) >= 11 is 3.29. The molecule has 38 nitrogen and oxygen atoms in total. The summed E-state index contributed by atoms with van der Waals surface area (Å²) < 4.78 is 53.5. The van der Waals surface area contributed by atoms with Gasteiger partial charge in [-0.25, -0.2) is 107 Å². The van der Waals surface area contributed by atoms with Crippen molar-refractivity contribution in [2.45, 2.75) is 132 Å². The van der Waals surface area contributed by atoms with E-state index in [1.807, 2.05) is 106 Å². The van der Waals surface area contributed by atoms with Crippen molar-refractivity contribution < 1.29 is 56.1 Å². The first kappa shape index (κ1) is 92.1. The average Bonchev–Trinajstić information content (AvgIpc) is 1.62. The number of carbonyl (C=O) groups is 5. The smallest absolute Gasteiger partial charge is 0.425 e. The summed E-state index contributed by atoms with van der Waals surface area (Å²) in [6.45, 7) is 26.0. The number of imidazole rings is 4. The van der Waals surface area contributed by atoms with Gasteiger partial charge in [0.1, 0.15) is 44.1 Å². The molecule has 0 fully saturated rings. The van der Waals surface area contributed by atoms with Crippen LogP contribution >= 0.6 is 15.9 Å². The highest BCUT2D eigenvalue weighted by Crippen LogP contribution is 2.36. The number of nitrogens with zero attached hydrogens (tertiary/aromatic N) is 18. The van der Waals surface area contributed by atoms with E-state index in [0.29, 0.717) is 113 Å². The number of imide groups is 1. The van der Waals surface area contributed by atoms with Gasteiger partial charge < -0.3 is 71.8 Å². The number of carbonyl (C=O) groups excluding carboxylic acids is 5. The minimum Gasteiger partial charge on any atom is -0.464 e. The van der Waals surface area contributed by atoms with Crippen LogP contribution < -0.4 is 33.2 Å². The third-order valence-corrected chi connectivity index (χ3v) is 20.9. The van der Waals surface area contributed by atoms with Gasteiger partial charge in [0.2, 0.25) is 10.0 Å². The third-order valence-electron chi connectivity index (χ3n) is 18.6. The van der Waals surface area contributed by atoms with Gasteiger partial charge in [-0.3, -0.25) is 0 Å². The Morgan fingerprint density at radius 2 is 0.921 bits per heavy atom. The zero-order valence-electron chi connectivity index (χ0n) is 72.5. The number of nitrogen functional groups attached to an aromatic ring is 4. The van der Waals surface area contributed by atoms with Crippen LogP contribution in [0.15, 0.2) is 157 Å². The van der Waals surface area contributed by atoms with E-state index in [0.717, 1.165) is 75.1 Å². The van der Waals surface area contributed by atoms with Crippen LogP contribution in [-0.4, -0.2) is 212 Å². The maximum Gasteiger partial charge on any atom is 0.425 e. The molecular weight excluding hydrogens is 1710 g/mol. The first-order chi connectivity index (χ1) is 60.2. The fourth-order valence-electron chi connectivity index (χ4n) is 12.8. The number of nitrogens with two attached hydrogens (primary N) is 4. The van der Waals surface area contributed by atoms with Gasteiger partial charge >= 0.3 is 30.3 Å². The Morgan fingerprint density at radius 1 is 0.480 bits per heavy atom. The molecule has 0 atom stereocenters. The van der Waals surface area contributed by atoms with Crippen LogP contribution in [0.5, 0.6) is 0 Å². The molecule has 16 rings (SSSR count). The number of hydrogen-bond donors (Lipinski definition) is 8. The van der Waals surface area contributed by atoms with Gasteiger partial charge in [0.05, 0.1) is 98.9 Å². The fraction of sp³-hybridized carbons (Fsp3) is 0.322. The van der Waals surface area contributed by atoms with Crippen LogP contribution in [0.4, 0.5) is 48.3 Å². The number of benzene rings is 4. The van der Waals surface area contributed by atoms with Gasteiger partial charge in [0, 0.05) is 45.1 Å². The largest absolute Gasteiger partial charge is 0.464 e. The number of aromatic nitrogens is 18. The molecule has 40 heteroatoms. The number of fused-ring (bicyclic) bond motifs is 4. The standard InChI is InChI=1S/C26H32BrN5O6.C21H24N6O2.C18H20N6O2S.C16H16N6.C6H7N3O2/c1-24(2,3)36-21(33)31-16-13-11-10-12-15(16)29-20(31)18-19(28-14-17(27)30-18)32(22(34)37-25(4,5)6)23(35)38-26(7,8)9;1-21(2,3)29-20(28)27-10-8-13(9-11-27)16-12-23-18(22)17(24-16)19-25-14-6-4-5-7-15(14)26-19;1-2-27(25,26)24-9-7-12(8-10-24)15-11-20-17(19)16(21-15)18-22-13-5-3-4-6-14(13)23-18;17-15-14(16-21-11-3-1-2-4-12(11)22-16)20-13(9-19-15)10-5-7-18-8-6-10;1-11-6(10)4-5(7)9-3-2-8-4/h10-14H,1-9H3;4-8,12H,9-11H2,1-3H3,(H2,22,23)(H,25,26);3-7,11H,2,8-10H2,1H3,(H2,19,20)(H,22,23);1-5,9,18H,6-8H2,(H2,17,19)(H,21,22);2-3H,1H3,(H2,7,9). The van der Waals surface area contributed by atoms with E-state index < -0.39 is 56.7 Å². The van der Waals surface area contributed by atoms with E-state index in [1.165, 1.54) is 40.1 Å². The normalized spacial score (nSPS) is 13.8. The lowest BCUT2D eigenvalue weighted by atomic mass is 10.1. The van der Waals surface area contributed by atoms with Crippen LogP contribution in [0.3, 0.4) is 0 Å². The maximum absolute atomic E-state index is 13.4. The minimum absolute atomic E-state index is 0.00127. The zero-order chi connectivity index (χ0) is 91.5. The number of aromatic amines is 3. The lowest BCUT2D eigenvalue weighted by Crippen LogP contribution is -2.44. The molecule has 0 radical (unpaired) electrons. The van der Waals surface area contributed by atoms with E-state index >= 15 is 0 Å². The SMILES string of the molecule is CC(C)(C)OC(=O)N(C(=O)OC(C)(C)C)c1ncc(Br)nc1-c1nc2ccccc2n1C(=O)OC(C)(C)C.CC(C)(C)OC(=O)N1CC=C(c2cnc(N)c(-c3nc4ccccc4[nH]3)n2)CC1.CCS(=O)(=O)N1CC=C(c2cnc(N)c(-c3nc4ccccc4[nH]3)n2)CC1.COC(=O)c1nccnc1N.Nc1ncc(C2=CCNCC2)nc1-c1nc2ccccc2[nH]1. The van der Waals surface area contributed by atoms with Gasteiger partial charge in [-0.05, 0) is 197 Å². The molecule has 662 valence electrons. The highest BCUT2D eigenvalue weighted by Gasteiger charge is 2.39. The molecule has 9 aromatic heterocycles. The quantitative estimate of drug-likeness (QED) is 0.0440. The van der Waals surface area contributed by atoms with Crippen LogP contribution in [-0.2, 0) is 33.7 Å². The Morgan fingerprint density at radius 3 is 1.34 bits per heavy atom. The topological polar surface area (TPSA) is 524 Å². The number of H-pyrrole nitrogens is 3. The van der Waals surface area contributed by atoms with Crippen LogP contribution in [0.2, 0.25) is 0 Å². The number of sulfonamides is 1. The first-order valence-corrected chi connectivity index (χ1v) is 42.7. The average molecular weight is 1810 g/mol. The first-order valence-electron chi connectivity index (χ1n) is 40.3. The molecule has 0 saturated carbocycles. The molecule has 4 aromatic carbocycles. The van der Waals surface area contributed by atoms with Gasteiger partial charge in [-0.15, -0.1) is 0 Å². The molecule has 13 aromatic rings. The lowest BCUT2D eigenvalue weighted by Gasteiger charge is -2.29. The molecule has 12 heterocycles. The predicted octanol–water partition coefficient (Wildman–Crippen LogP) is 14.2. The number of methoxy groups -OCH3 is 1. The van der Waals surface area contributed by atoms with Crippen molar-refractivity contribution in [1.82, 2.24) is 104 Å². The van der Waals surface area contributed by atoms with Crippen LogP contribution in [0.25, 0.3) is 107 Å². The van der Waals surface area contributed by atoms with E-state index in [9.17, 15) is 32.4 Å². The summed E-state index contributed by atoms with van der Waals surface area (Å²) in [6, 6.07) is 30.2. The summed E-state index contributed by atoms with van der Waals surface area (Å²) in [7, 11) is -1.92. The number of hydrogen-bond acceptors (Lipinski definition) is 31. The van der Waals surface area contributed by atoms with Crippen molar-refractivity contribution >= 4 is 146 Å². The number of ether oxygens (including phenoxy) is 5. The van der Waals surface area contributed by atoms with Crippen molar-refractivity contribution in [3.63, 3.8) is 0 Å². The molecule has 3 aliphatic heterocycles.